The van der Waals surface area contributed by atoms with E-state index in [1.54, 1.807) is 12.1 Å². The van der Waals surface area contributed by atoms with Gasteiger partial charge in [0, 0.05) is 36.3 Å². The molecule has 4 bridgehead atoms. The molecule has 2 aromatic rings. The van der Waals surface area contributed by atoms with Crippen LogP contribution in [0.4, 0.5) is 0 Å². The highest BCUT2D eigenvalue weighted by atomic mass is 16.5. The predicted molar refractivity (Wildman–Crippen MR) is 184 cm³/mol. The molecule has 8 atom stereocenters. The first kappa shape index (κ1) is 29.4. The van der Waals surface area contributed by atoms with Crippen LogP contribution in [-0.2, 0) is 23.7 Å². The first-order valence-corrected chi connectivity index (χ1v) is 19.4. The first-order chi connectivity index (χ1) is 24.2. The molecule has 4 heterocycles. The number of aliphatic hydroxyl groups is 2. The van der Waals surface area contributed by atoms with E-state index >= 15 is 0 Å². The normalized spacial score (nSPS) is 43.4. The Labute approximate surface area is 291 Å². The SMILES string of the molecule is Oc1ccc2c3c1O[C@H]1C(=N/N=C4\CC[C@@]5(O)[C@H]6Cc7ccc(O)c8c7[C@@]5(CCN6CC5CC5)[C@H]4O8)CC[C@@]4(O)[C@@H](C2)N(CC2CC2)CC[C@]314. The van der Waals surface area contributed by atoms with Crippen molar-refractivity contribution in [2.24, 2.45) is 22.0 Å². The molecule has 6 fully saturated rings. The molecule has 4 aliphatic heterocycles. The number of hydrogen-bond acceptors (Lipinski definition) is 10. The van der Waals surface area contributed by atoms with Crippen LogP contribution in [0.5, 0.6) is 23.0 Å². The second-order valence-corrected chi connectivity index (χ2v) is 17.7. The van der Waals surface area contributed by atoms with Gasteiger partial charge in [-0.15, -0.1) is 0 Å². The molecule has 0 aromatic heterocycles. The maximum Gasteiger partial charge on any atom is 0.166 e. The quantitative estimate of drug-likeness (QED) is 0.353. The van der Waals surface area contributed by atoms with Crippen LogP contribution in [0.1, 0.15) is 86.5 Å². The van der Waals surface area contributed by atoms with E-state index in [0.717, 1.165) is 86.2 Å². The topological polar surface area (TPSA) is 131 Å². The van der Waals surface area contributed by atoms with Gasteiger partial charge in [-0.2, -0.15) is 10.2 Å². The van der Waals surface area contributed by atoms with Crippen LogP contribution >= 0.6 is 0 Å². The summed E-state index contributed by atoms with van der Waals surface area (Å²) in [7, 11) is 0. The lowest BCUT2D eigenvalue weighted by molar-refractivity contribution is -0.167. The summed E-state index contributed by atoms with van der Waals surface area (Å²) in [5, 5.41) is 58.0. The van der Waals surface area contributed by atoms with Gasteiger partial charge in [0.15, 0.2) is 35.2 Å². The number of phenolic OH excluding ortho intramolecular Hbond substituents is 2. The Balaban J connectivity index is 0.947. The molecule has 10 nitrogen and oxygen atoms in total. The molecule has 6 aliphatic carbocycles. The molecular weight excluding hydrogens is 632 g/mol. The summed E-state index contributed by atoms with van der Waals surface area (Å²) in [6, 6.07) is 7.58. The molecule has 0 amide bonds. The maximum atomic E-state index is 12.9. The largest absolute Gasteiger partial charge is 0.504 e. The van der Waals surface area contributed by atoms with Gasteiger partial charge in [0.2, 0.25) is 0 Å². The molecule has 12 rings (SSSR count). The van der Waals surface area contributed by atoms with Gasteiger partial charge in [-0.05, 0) is 125 Å². The molecule has 10 aliphatic rings. The number of benzene rings is 2. The third-order valence-corrected chi connectivity index (χ3v) is 15.5. The van der Waals surface area contributed by atoms with E-state index in [0.29, 0.717) is 37.2 Å². The lowest BCUT2D eigenvalue weighted by Crippen LogP contribution is -2.76. The minimum Gasteiger partial charge on any atom is -0.504 e. The minimum absolute atomic E-state index is 0.00576. The monoisotopic (exact) mass is 678 g/mol. The zero-order valence-electron chi connectivity index (χ0n) is 28.5. The van der Waals surface area contributed by atoms with Crippen molar-refractivity contribution in [3.8, 4) is 23.0 Å². The Kier molecular flexibility index (Phi) is 5.54. The van der Waals surface area contributed by atoms with Crippen LogP contribution in [0, 0.1) is 11.8 Å². The van der Waals surface area contributed by atoms with Gasteiger partial charge in [-0.1, -0.05) is 12.1 Å². The van der Waals surface area contributed by atoms with Crippen LogP contribution < -0.4 is 9.47 Å². The molecule has 0 radical (unpaired) electrons. The highest BCUT2D eigenvalue weighted by molar-refractivity contribution is 5.97. The van der Waals surface area contributed by atoms with Crippen molar-refractivity contribution < 1.29 is 29.9 Å². The van der Waals surface area contributed by atoms with Crippen molar-refractivity contribution in [3.63, 3.8) is 0 Å². The molecule has 10 heteroatoms. The molecule has 4 saturated carbocycles. The van der Waals surface area contributed by atoms with Crippen LogP contribution in [0.2, 0.25) is 0 Å². The predicted octanol–water partition coefficient (Wildman–Crippen LogP) is 3.72. The van der Waals surface area contributed by atoms with E-state index < -0.39 is 34.2 Å². The van der Waals surface area contributed by atoms with Crippen molar-refractivity contribution >= 4 is 11.4 Å². The van der Waals surface area contributed by atoms with Crippen LogP contribution in [0.25, 0.3) is 0 Å². The fraction of sp³-hybridized carbons (Fsp3) is 0.650. The van der Waals surface area contributed by atoms with Crippen LogP contribution in [-0.4, -0.2) is 103 Å². The summed E-state index contributed by atoms with van der Waals surface area (Å²) in [6.45, 7) is 3.86. The van der Waals surface area contributed by atoms with E-state index in [9.17, 15) is 20.4 Å². The number of piperidine rings is 2. The Morgan fingerprint density at radius 3 is 1.50 bits per heavy atom. The summed E-state index contributed by atoms with van der Waals surface area (Å²) in [5.41, 5.74) is 2.56. The molecular formula is C40H46N4O6. The second kappa shape index (κ2) is 9.43. The molecule has 0 unspecified atom stereocenters. The first-order valence-electron chi connectivity index (χ1n) is 19.4. The fourth-order valence-electron chi connectivity index (χ4n) is 12.9. The van der Waals surface area contributed by atoms with Gasteiger partial charge in [0.1, 0.15) is 0 Å². The fourth-order valence-corrected chi connectivity index (χ4v) is 12.9. The number of ether oxygens (including phenoxy) is 2. The summed E-state index contributed by atoms with van der Waals surface area (Å²) < 4.78 is 13.5. The van der Waals surface area contributed by atoms with E-state index in [-0.39, 0.29) is 23.6 Å². The van der Waals surface area contributed by atoms with Gasteiger partial charge in [-0.3, -0.25) is 9.80 Å². The van der Waals surface area contributed by atoms with E-state index in [1.807, 2.05) is 12.1 Å². The molecule has 4 N–H and O–H groups in total. The summed E-state index contributed by atoms with van der Waals surface area (Å²) >= 11 is 0. The minimum atomic E-state index is -0.987. The van der Waals surface area contributed by atoms with E-state index in [4.69, 9.17) is 19.7 Å². The van der Waals surface area contributed by atoms with Gasteiger partial charge >= 0.3 is 0 Å². The number of hydrogen-bond donors (Lipinski definition) is 4. The number of rotatable bonds is 5. The van der Waals surface area contributed by atoms with Gasteiger partial charge < -0.3 is 29.9 Å². The summed E-state index contributed by atoms with van der Waals surface area (Å²) in [4.78, 5) is 5.09. The van der Waals surface area contributed by atoms with Crippen molar-refractivity contribution in [2.45, 2.75) is 123 Å². The second-order valence-electron chi connectivity index (χ2n) is 17.7. The zero-order valence-corrected chi connectivity index (χ0v) is 28.5. The molecule has 50 heavy (non-hydrogen) atoms. The summed E-state index contributed by atoms with van der Waals surface area (Å²) in [6.07, 6.45) is 9.35. The van der Waals surface area contributed by atoms with Gasteiger partial charge in [0.25, 0.3) is 0 Å². The Bertz CT molecular complexity index is 1800. The van der Waals surface area contributed by atoms with Crippen molar-refractivity contribution in [1.29, 1.82) is 0 Å². The van der Waals surface area contributed by atoms with E-state index in [1.165, 1.54) is 36.8 Å². The van der Waals surface area contributed by atoms with E-state index in [2.05, 4.69) is 9.80 Å². The number of aromatic hydroxyl groups is 2. The summed E-state index contributed by atoms with van der Waals surface area (Å²) in [5.74, 6) is 2.72. The Hall–Kier alpha value is -3.18. The molecule has 2 aromatic carbocycles. The lowest BCUT2D eigenvalue weighted by Gasteiger charge is -2.63. The highest BCUT2D eigenvalue weighted by Gasteiger charge is 2.74. The van der Waals surface area contributed by atoms with Crippen molar-refractivity contribution in [3.05, 3.63) is 46.5 Å². The molecule has 262 valence electrons. The average Bonchev–Trinajstić information content (AvgIpc) is 4.03. The lowest BCUT2D eigenvalue weighted by atomic mass is 9.48. The third kappa shape index (κ3) is 3.37. The number of nitrogens with zero attached hydrogens (tertiary/aromatic N) is 4. The highest BCUT2D eigenvalue weighted by Crippen LogP contribution is 2.67. The maximum absolute atomic E-state index is 12.9. The smallest absolute Gasteiger partial charge is 0.166 e. The van der Waals surface area contributed by atoms with Crippen LogP contribution in [0.3, 0.4) is 0 Å². The molecule has 2 saturated heterocycles. The average molecular weight is 679 g/mol. The van der Waals surface area contributed by atoms with Crippen molar-refractivity contribution in [1.82, 2.24) is 9.80 Å². The third-order valence-electron chi connectivity index (χ3n) is 15.5. The Morgan fingerprint density at radius 1 is 0.640 bits per heavy atom. The van der Waals surface area contributed by atoms with Gasteiger partial charge in [-0.25, -0.2) is 0 Å². The zero-order chi connectivity index (χ0) is 33.4. The molecule has 2 spiro atoms. The standard InChI is InChI=1S/C40H46N4O6/c45-27-7-5-23-17-29-39(47)11-9-25(35-37(39,31(23)33(27)49-35)13-15-43(29)19-21-1-2-21)41-42-26-10-12-40(48)30-18-24-6-8-28(46)34-32(24)38(40,36(26)50-34)14-16-44(30)20-22-3-4-22/h5-8,21-22,29-30,35-36,45-48H,1-4,9-20H2/b41-25+,42-26?/t29-,30-,35+,36+,37+,38+,39-,40-/m1/s1. The Morgan fingerprint density at radius 2 is 1.08 bits per heavy atom. The van der Waals surface area contributed by atoms with Crippen LogP contribution in [0.15, 0.2) is 34.5 Å². The number of likely N-dealkylation sites (tertiary alicyclic amines) is 2. The van der Waals surface area contributed by atoms with Crippen molar-refractivity contribution in [2.75, 3.05) is 26.2 Å². The number of phenols is 2. The van der Waals surface area contributed by atoms with Gasteiger partial charge in [0.05, 0.1) is 33.5 Å².